The van der Waals surface area contributed by atoms with Crippen LogP contribution in [0.25, 0.3) is 21.5 Å². The average Bonchev–Trinajstić information content (AvgIpc) is 3.04. The Hall–Kier alpha value is -1.94. The summed E-state index contributed by atoms with van der Waals surface area (Å²) in [6, 6.07) is 8.22. The van der Waals surface area contributed by atoms with Gasteiger partial charge in [0, 0.05) is 26.6 Å². The largest absolute Gasteiger partial charge is 0.306 e. The molecule has 0 unspecified atom stereocenters. The molecule has 4 heteroatoms. The molecule has 0 aliphatic heterocycles. The van der Waals surface area contributed by atoms with Crippen molar-refractivity contribution in [3.8, 4) is 11.4 Å². The van der Waals surface area contributed by atoms with E-state index in [0.29, 0.717) is 5.82 Å². The lowest BCUT2D eigenvalue weighted by Crippen LogP contribution is -2.15. The van der Waals surface area contributed by atoms with E-state index in [-0.39, 0.29) is 5.56 Å². The smallest absolute Gasteiger partial charge is 0.254 e. The number of fused-ring (bicyclic) bond motifs is 2. The Morgan fingerprint density at radius 3 is 3.05 bits per heavy atom. The van der Waals surface area contributed by atoms with Crippen molar-refractivity contribution >= 4 is 21.4 Å². The lowest BCUT2D eigenvalue weighted by atomic mass is 10.1. The minimum Gasteiger partial charge on any atom is -0.306 e. The molecule has 2 heterocycles. The van der Waals surface area contributed by atoms with Gasteiger partial charge in [-0.2, -0.15) is 0 Å². The predicted octanol–water partition coefficient (Wildman–Crippen LogP) is 3.14. The van der Waals surface area contributed by atoms with Crippen molar-refractivity contribution in [2.45, 2.75) is 19.3 Å². The molecule has 19 heavy (non-hydrogen) atoms. The monoisotopic (exact) mass is 268 g/mol. The van der Waals surface area contributed by atoms with Gasteiger partial charge in [0.1, 0.15) is 5.82 Å². The van der Waals surface area contributed by atoms with Gasteiger partial charge in [0.2, 0.25) is 0 Å². The van der Waals surface area contributed by atoms with Gasteiger partial charge in [0.15, 0.2) is 0 Å². The van der Waals surface area contributed by atoms with Gasteiger partial charge in [-0.1, -0.05) is 18.2 Å². The number of hydrogen-bond donors (Lipinski definition) is 1. The van der Waals surface area contributed by atoms with Crippen molar-refractivity contribution in [2.24, 2.45) is 0 Å². The molecule has 0 fully saturated rings. The second-order valence-corrected chi connectivity index (χ2v) is 5.75. The Morgan fingerprint density at radius 2 is 2.11 bits per heavy atom. The molecule has 2 aromatic heterocycles. The summed E-state index contributed by atoms with van der Waals surface area (Å²) in [6.45, 7) is 0. The summed E-state index contributed by atoms with van der Waals surface area (Å²) < 4.78 is 1.22. The quantitative estimate of drug-likeness (QED) is 0.737. The van der Waals surface area contributed by atoms with Gasteiger partial charge in [-0.15, -0.1) is 11.3 Å². The highest BCUT2D eigenvalue weighted by Gasteiger charge is 2.18. The molecule has 0 saturated carbocycles. The van der Waals surface area contributed by atoms with Crippen LogP contribution >= 0.6 is 11.3 Å². The standard InChI is InChI=1S/C15H12N2OS/c18-15-10-5-3-6-12(10)16-14(17-15)11-8-19-13-7-2-1-4-9(11)13/h1-2,4,7-8H,3,5-6H2,(H,16,17,18). The molecule has 94 valence electrons. The second kappa shape index (κ2) is 4.03. The van der Waals surface area contributed by atoms with E-state index in [9.17, 15) is 4.79 Å². The van der Waals surface area contributed by atoms with Crippen molar-refractivity contribution in [2.75, 3.05) is 0 Å². The summed E-state index contributed by atoms with van der Waals surface area (Å²) in [5, 5.41) is 3.23. The highest BCUT2D eigenvalue weighted by molar-refractivity contribution is 7.17. The van der Waals surface area contributed by atoms with E-state index < -0.39 is 0 Å². The van der Waals surface area contributed by atoms with Crippen LogP contribution < -0.4 is 5.56 Å². The van der Waals surface area contributed by atoms with E-state index in [4.69, 9.17) is 0 Å². The Morgan fingerprint density at radius 1 is 1.21 bits per heavy atom. The number of H-pyrrole nitrogens is 1. The second-order valence-electron chi connectivity index (χ2n) is 4.84. The van der Waals surface area contributed by atoms with E-state index >= 15 is 0 Å². The molecule has 0 atom stereocenters. The fraction of sp³-hybridized carbons (Fsp3) is 0.200. The van der Waals surface area contributed by atoms with E-state index in [1.165, 1.54) is 4.70 Å². The first kappa shape index (κ1) is 10.9. The van der Waals surface area contributed by atoms with Crippen LogP contribution in [-0.2, 0) is 12.8 Å². The maximum atomic E-state index is 12.1. The number of benzene rings is 1. The van der Waals surface area contributed by atoms with Crippen molar-refractivity contribution in [3.05, 3.63) is 51.3 Å². The zero-order valence-corrected chi connectivity index (χ0v) is 11.1. The topological polar surface area (TPSA) is 45.8 Å². The van der Waals surface area contributed by atoms with E-state index in [1.54, 1.807) is 11.3 Å². The molecular weight excluding hydrogens is 256 g/mol. The Labute approximate surface area is 114 Å². The molecule has 0 spiro atoms. The molecule has 0 saturated heterocycles. The molecule has 1 aromatic carbocycles. The zero-order valence-electron chi connectivity index (χ0n) is 10.3. The van der Waals surface area contributed by atoms with Gasteiger partial charge in [-0.25, -0.2) is 4.98 Å². The number of aryl methyl sites for hydroxylation is 1. The first-order valence-electron chi connectivity index (χ1n) is 6.41. The van der Waals surface area contributed by atoms with Gasteiger partial charge < -0.3 is 4.98 Å². The third-order valence-electron chi connectivity index (χ3n) is 3.68. The van der Waals surface area contributed by atoms with Crippen molar-refractivity contribution in [1.82, 2.24) is 9.97 Å². The Bertz CT molecular complexity index is 832. The highest BCUT2D eigenvalue weighted by atomic mass is 32.1. The first-order chi connectivity index (χ1) is 9.33. The summed E-state index contributed by atoms with van der Waals surface area (Å²) in [4.78, 5) is 19.7. The van der Waals surface area contributed by atoms with Gasteiger partial charge in [-0.3, -0.25) is 4.79 Å². The molecule has 3 nitrogen and oxygen atoms in total. The minimum atomic E-state index is 0.0350. The average molecular weight is 268 g/mol. The zero-order chi connectivity index (χ0) is 12.8. The van der Waals surface area contributed by atoms with Crippen LogP contribution in [0.5, 0.6) is 0 Å². The van der Waals surface area contributed by atoms with Crippen LogP contribution in [0.4, 0.5) is 0 Å². The number of nitrogens with zero attached hydrogens (tertiary/aromatic N) is 1. The number of thiophene rings is 1. The molecule has 0 radical (unpaired) electrons. The normalized spacial score (nSPS) is 13.9. The molecule has 0 bridgehead atoms. The number of nitrogens with one attached hydrogen (secondary N) is 1. The fourth-order valence-electron chi connectivity index (χ4n) is 2.73. The minimum absolute atomic E-state index is 0.0350. The molecule has 1 aliphatic carbocycles. The molecule has 1 aliphatic rings. The van der Waals surface area contributed by atoms with Crippen LogP contribution in [0.15, 0.2) is 34.4 Å². The van der Waals surface area contributed by atoms with Crippen LogP contribution in [-0.4, -0.2) is 9.97 Å². The SMILES string of the molecule is O=c1[nH]c(-c2csc3ccccc23)nc2c1CCC2. The van der Waals surface area contributed by atoms with Crippen molar-refractivity contribution in [1.29, 1.82) is 0 Å². The molecule has 3 aromatic rings. The number of rotatable bonds is 1. The summed E-state index contributed by atoms with van der Waals surface area (Å²) in [7, 11) is 0. The molecule has 1 N–H and O–H groups in total. The van der Waals surface area contributed by atoms with Crippen molar-refractivity contribution in [3.63, 3.8) is 0 Å². The van der Waals surface area contributed by atoms with Crippen LogP contribution in [0.1, 0.15) is 17.7 Å². The fourth-order valence-corrected chi connectivity index (χ4v) is 3.68. The van der Waals surface area contributed by atoms with Crippen molar-refractivity contribution < 1.29 is 0 Å². The maximum Gasteiger partial charge on any atom is 0.254 e. The van der Waals surface area contributed by atoms with E-state index in [1.807, 2.05) is 12.1 Å². The summed E-state index contributed by atoms with van der Waals surface area (Å²) in [5.74, 6) is 0.711. The van der Waals surface area contributed by atoms with Crippen LogP contribution in [0.2, 0.25) is 0 Å². The van der Waals surface area contributed by atoms with Crippen LogP contribution in [0, 0.1) is 0 Å². The molecule has 0 amide bonds. The number of aromatic amines is 1. The number of hydrogen-bond acceptors (Lipinski definition) is 3. The Balaban J connectivity index is 1.98. The lowest BCUT2D eigenvalue weighted by Gasteiger charge is -2.03. The molecular formula is C15H12N2OS. The first-order valence-corrected chi connectivity index (χ1v) is 7.29. The predicted molar refractivity (Wildman–Crippen MR) is 77.7 cm³/mol. The van der Waals surface area contributed by atoms with Gasteiger partial charge >= 0.3 is 0 Å². The van der Waals surface area contributed by atoms with Crippen LogP contribution in [0.3, 0.4) is 0 Å². The van der Waals surface area contributed by atoms with E-state index in [0.717, 1.165) is 41.5 Å². The number of aromatic nitrogens is 2. The third-order valence-corrected chi connectivity index (χ3v) is 4.64. The maximum absolute atomic E-state index is 12.1. The van der Waals surface area contributed by atoms with Gasteiger partial charge in [0.25, 0.3) is 5.56 Å². The summed E-state index contributed by atoms with van der Waals surface area (Å²) >= 11 is 1.69. The summed E-state index contributed by atoms with van der Waals surface area (Å²) in [5.41, 5.74) is 2.93. The lowest BCUT2D eigenvalue weighted by molar-refractivity contribution is 0.899. The summed E-state index contributed by atoms with van der Waals surface area (Å²) in [6.07, 6.45) is 2.83. The molecule has 4 rings (SSSR count). The van der Waals surface area contributed by atoms with Gasteiger partial charge in [-0.05, 0) is 25.3 Å². The van der Waals surface area contributed by atoms with Gasteiger partial charge in [0.05, 0.1) is 5.69 Å². The third kappa shape index (κ3) is 1.64. The highest BCUT2D eigenvalue weighted by Crippen LogP contribution is 2.32. The van der Waals surface area contributed by atoms with E-state index in [2.05, 4.69) is 27.5 Å². The Kier molecular flexibility index (Phi) is 2.32.